The van der Waals surface area contributed by atoms with E-state index in [1.54, 1.807) is 6.92 Å². The van der Waals surface area contributed by atoms with Crippen LogP contribution in [0.5, 0.6) is 0 Å². The van der Waals surface area contributed by atoms with Crippen LogP contribution in [0.1, 0.15) is 60.7 Å². The van der Waals surface area contributed by atoms with Gasteiger partial charge in [-0.05, 0) is 43.9 Å². The van der Waals surface area contributed by atoms with E-state index >= 15 is 0 Å². The summed E-state index contributed by atoms with van der Waals surface area (Å²) in [6.45, 7) is 1.46. The number of pyridine rings is 2. The van der Waals surface area contributed by atoms with Crippen LogP contribution in [0.2, 0.25) is 0 Å². The molecule has 0 spiro atoms. The van der Waals surface area contributed by atoms with Crippen LogP contribution in [0.4, 0.5) is 13.2 Å². The van der Waals surface area contributed by atoms with Gasteiger partial charge in [0.15, 0.2) is 5.69 Å². The number of hydrogen-bond donors (Lipinski definition) is 0. The third-order valence-corrected chi connectivity index (χ3v) is 5.50. The van der Waals surface area contributed by atoms with Gasteiger partial charge in [0.1, 0.15) is 5.65 Å². The molecule has 29 heavy (non-hydrogen) atoms. The summed E-state index contributed by atoms with van der Waals surface area (Å²) in [5.41, 5.74) is 0.0597. The van der Waals surface area contributed by atoms with Crippen molar-refractivity contribution in [2.75, 3.05) is 0 Å². The molecule has 0 atom stereocenters. The van der Waals surface area contributed by atoms with Crippen molar-refractivity contribution >= 4 is 11.0 Å². The highest BCUT2D eigenvalue weighted by atomic mass is 19.4. The summed E-state index contributed by atoms with van der Waals surface area (Å²) in [5.74, 6) is 0.122. The minimum Gasteiger partial charge on any atom is -0.286 e. The fraction of sp³-hybridized carbons (Fsp3) is 0.429. The van der Waals surface area contributed by atoms with Crippen LogP contribution in [0.25, 0.3) is 11.0 Å². The van der Waals surface area contributed by atoms with Crippen molar-refractivity contribution in [2.24, 2.45) is 0 Å². The lowest BCUT2D eigenvalue weighted by molar-refractivity contribution is -0.142. The summed E-state index contributed by atoms with van der Waals surface area (Å²) in [4.78, 5) is 25.1. The first-order chi connectivity index (χ1) is 13.8. The SMILES string of the molecule is Cc1ccc2cc(C3CCCCC3)c(=O)n(Cc3nccnc3C(F)(F)F)c2n1. The quantitative estimate of drug-likeness (QED) is 0.642. The zero-order valence-corrected chi connectivity index (χ0v) is 16.0. The Morgan fingerprint density at radius 2 is 1.83 bits per heavy atom. The molecule has 1 aliphatic carbocycles. The number of hydrogen-bond acceptors (Lipinski definition) is 4. The van der Waals surface area contributed by atoms with Crippen molar-refractivity contribution in [3.63, 3.8) is 0 Å². The summed E-state index contributed by atoms with van der Waals surface area (Å²) in [6.07, 6.45) is 2.65. The average molecular weight is 402 g/mol. The van der Waals surface area contributed by atoms with Crippen LogP contribution in [-0.4, -0.2) is 19.5 Å². The first kappa shape index (κ1) is 19.5. The molecule has 0 amide bonds. The second kappa shape index (κ2) is 7.57. The molecule has 0 aliphatic heterocycles. The molecular formula is C21H21F3N4O. The Hall–Kier alpha value is -2.77. The first-order valence-corrected chi connectivity index (χ1v) is 9.73. The normalized spacial score (nSPS) is 15.7. The van der Waals surface area contributed by atoms with E-state index in [1.807, 2.05) is 18.2 Å². The molecule has 0 radical (unpaired) electrons. The molecule has 5 nitrogen and oxygen atoms in total. The number of rotatable bonds is 3. The van der Waals surface area contributed by atoms with Gasteiger partial charge in [-0.25, -0.2) is 9.97 Å². The van der Waals surface area contributed by atoms with E-state index in [1.165, 1.54) is 10.8 Å². The van der Waals surface area contributed by atoms with Gasteiger partial charge in [-0.1, -0.05) is 19.3 Å². The van der Waals surface area contributed by atoms with Gasteiger partial charge in [-0.15, -0.1) is 0 Å². The third kappa shape index (κ3) is 3.88. The Balaban J connectivity index is 1.90. The van der Waals surface area contributed by atoms with Crippen molar-refractivity contribution in [1.82, 2.24) is 19.5 Å². The highest BCUT2D eigenvalue weighted by molar-refractivity contribution is 5.76. The molecule has 3 heterocycles. The summed E-state index contributed by atoms with van der Waals surface area (Å²) in [5, 5.41) is 0.744. The Bertz CT molecular complexity index is 1100. The van der Waals surface area contributed by atoms with E-state index in [0.717, 1.165) is 43.7 Å². The molecule has 0 bridgehead atoms. The van der Waals surface area contributed by atoms with Crippen LogP contribution in [0, 0.1) is 6.92 Å². The predicted octanol–water partition coefficient (Wildman–Crippen LogP) is 4.61. The van der Waals surface area contributed by atoms with Gasteiger partial charge in [-0.2, -0.15) is 13.2 Å². The van der Waals surface area contributed by atoms with Crippen LogP contribution in [0.3, 0.4) is 0 Å². The predicted molar refractivity (Wildman–Crippen MR) is 103 cm³/mol. The molecule has 3 aromatic rings. The van der Waals surface area contributed by atoms with Gasteiger partial charge in [0.25, 0.3) is 5.56 Å². The Morgan fingerprint density at radius 3 is 2.55 bits per heavy atom. The Kier molecular flexibility index (Phi) is 5.10. The van der Waals surface area contributed by atoms with Crippen LogP contribution in [-0.2, 0) is 12.7 Å². The smallest absolute Gasteiger partial charge is 0.286 e. The third-order valence-electron chi connectivity index (χ3n) is 5.50. The number of aryl methyl sites for hydroxylation is 1. The molecule has 3 aromatic heterocycles. The van der Waals surface area contributed by atoms with Crippen LogP contribution >= 0.6 is 0 Å². The monoisotopic (exact) mass is 402 g/mol. The molecule has 8 heteroatoms. The number of alkyl halides is 3. The maximum absolute atomic E-state index is 13.4. The number of aromatic nitrogens is 4. The lowest BCUT2D eigenvalue weighted by Gasteiger charge is -2.23. The van der Waals surface area contributed by atoms with Crippen molar-refractivity contribution < 1.29 is 13.2 Å². The van der Waals surface area contributed by atoms with E-state index in [4.69, 9.17) is 0 Å². The summed E-state index contributed by atoms with van der Waals surface area (Å²) in [6, 6.07) is 5.56. The number of halogens is 3. The van der Waals surface area contributed by atoms with Crippen molar-refractivity contribution in [3.8, 4) is 0 Å². The average Bonchev–Trinajstić information content (AvgIpc) is 2.70. The van der Waals surface area contributed by atoms with Crippen molar-refractivity contribution in [2.45, 2.75) is 57.7 Å². The largest absolute Gasteiger partial charge is 0.435 e. The van der Waals surface area contributed by atoms with E-state index in [0.29, 0.717) is 16.9 Å². The first-order valence-electron chi connectivity index (χ1n) is 9.73. The van der Waals surface area contributed by atoms with Gasteiger partial charge in [-0.3, -0.25) is 14.3 Å². The van der Waals surface area contributed by atoms with Gasteiger partial charge >= 0.3 is 6.18 Å². The number of nitrogens with zero attached hydrogens (tertiary/aromatic N) is 4. The Labute approximate surface area is 165 Å². The molecule has 0 N–H and O–H groups in total. The minimum absolute atomic E-state index is 0.122. The maximum Gasteiger partial charge on any atom is 0.435 e. The number of fused-ring (bicyclic) bond motifs is 1. The summed E-state index contributed by atoms with van der Waals surface area (Å²) >= 11 is 0. The lowest BCUT2D eigenvalue weighted by Crippen LogP contribution is -2.29. The van der Waals surface area contributed by atoms with Gasteiger partial charge in [0.05, 0.1) is 12.2 Å². The summed E-state index contributed by atoms with van der Waals surface area (Å²) < 4.78 is 41.5. The zero-order valence-electron chi connectivity index (χ0n) is 16.0. The fourth-order valence-electron chi connectivity index (χ4n) is 4.09. The highest BCUT2D eigenvalue weighted by Gasteiger charge is 2.36. The molecule has 152 valence electrons. The molecule has 0 saturated heterocycles. The molecule has 1 fully saturated rings. The molecule has 1 saturated carbocycles. The van der Waals surface area contributed by atoms with E-state index in [9.17, 15) is 18.0 Å². The second-order valence-electron chi connectivity index (χ2n) is 7.54. The maximum atomic E-state index is 13.4. The zero-order chi connectivity index (χ0) is 20.6. The fourth-order valence-corrected chi connectivity index (χ4v) is 4.09. The van der Waals surface area contributed by atoms with Gasteiger partial charge < -0.3 is 0 Å². The van der Waals surface area contributed by atoms with Crippen LogP contribution in [0.15, 0.2) is 35.4 Å². The van der Waals surface area contributed by atoms with Crippen molar-refractivity contribution in [1.29, 1.82) is 0 Å². The van der Waals surface area contributed by atoms with E-state index in [-0.39, 0.29) is 23.7 Å². The summed E-state index contributed by atoms with van der Waals surface area (Å²) in [7, 11) is 0. The minimum atomic E-state index is -4.65. The van der Waals surface area contributed by atoms with Gasteiger partial charge in [0, 0.05) is 29.0 Å². The van der Waals surface area contributed by atoms with E-state index in [2.05, 4.69) is 15.0 Å². The van der Waals surface area contributed by atoms with Crippen molar-refractivity contribution in [3.05, 3.63) is 63.6 Å². The van der Waals surface area contributed by atoms with E-state index < -0.39 is 11.9 Å². The topological polar surface area (TPSA) is 60.7 Å². The Morgan fingerprint density at radius 1 is 1.10 bits per heavy atom. The van der Waals surface area contributed by atoms with Crippen LogP contribution < -0.4 is 5.56 Å². The standard InChI is InChI=1S/C21H21F3N4O/c1-13-7-8-15-11-16(14-5-3-2-4-6-14)20(29)28(19(15)27-13)12-17-18(21(22,23)24)26-10-9-25-17/h7-11,14H,2-6,12H2,1H3. The van der Waals surface area contributed by atoms with Gasteiger partial charge in [0.2, 0.25) is 0 Å². The molecule has 1 aliphatic rings. The highest BCUT2D eigenvalue weighted by Crippen LogP contribution is 2.33. The molecule has 0 unspecified atom stereocenters. The second-order valence-corrected chi connectivity index (χ2v) is 7.54. The molecule has 0 aromatic carbocycles. The lowest BCUT2D eigenvalue weighted by atomic mass is 9.84. The molecular weight excluding hydrogens is 381 g/mol. The molecule has 4 rings (SSSR count).